The van der Waals surface area contributed by atoms with E-state index in [4.69, 9.17) is 10.2 Å². The first-order valence-electron chi connectivity index (χ1n) is 3.43. The van der Waals surface area contributed by atoms with Gasteiger partial charge in [-0.3, -0.25) is 4.98 Å². The molecule has 2 rings (SSSR count). The highest BCUT2D eigenvalue weighted by Crippen LogP contribution is 2.15. The summed E-state index contributed by atoms with van der Waals surface area (Å²) >= 11 is 0. The lowest BCUT2D eigenvalue weighted by atomic mass is 10.4. The second-order valence-corrected chi connectivity index (χ2v) is 2.30. The first-order valence-corrected chi connectivity index (χ1v) is 3.43. The number of hydrogen-bond acceptors (Lipinski definition) is 3. The van der Waals surface area contributed by atoms with Crippen LogP contribution in [0.25, 0.3) is 11.1 Å². The Morgan fingerprint density at radius 1 is 1.55 bits per heavy atom. The minimum Gasteiger partial charge on any atom is -0.458 e. The molecule has 2 aromatic heterocycles. The van der Waals surface area contributed by atoms with E-state index in [1.807, 2.05) is 18.2 Å². The topological polar surface area (TPSA) is 52.0 Å². The molecule has 0 saturated heterocycles. The molecule has 0 spiro atoms. The largest absolute Gasteiger partial charge is 0.458 e. The number of pyridine rings is 1. The van der Waals surface area contributed by atoms with Crippen molar-refractivity contribution >= 4 is 11.1 Å². The Hall–Kier alpha value is -1.35. The van der Waals surface area contributed by atoms with E-state index in [0.717, 1.165) is 16.9 Å². The van der Waals surface area contributed by atoms with E-state index < -0.39 is 0 Å². The molecule has 0 aliphatic heterocycles. The number of rotatable bonds is 1. The van der Waals surface area contributed by atoms with Crippen molar-refractivity contribution in [3.8, 4) is 0 Å². The fraction of sp³-hybridized carbons (Fsp3) is 0.125. The van der Waals surface area contributed by atoms with Gasteiger partial charge in [-0.15, -0.1) is 0 Å². The Labute approximate surface area is 63.8 Å². The molecule has 0 atom stereocenters. The van der Waals surface area contributed by atoms with Crippen molar-refractivity contribution in [3.05, 3.63) is 30.2 Å². The number of aromatic nitrogens is 1. The molecule has 0 bridgehead atoms. The van der Waals surface area contributed by atoms with Crippen molar-refractivity contribution in [3.63, 3.8) is 0 Å². The first-order chi connectivity index (χ1) is 5.40. The zero-order chi connectivity index (χ0) is 7.68. The summed E-state index contributed by atoms with van der Waals surface area (Å²) in [5.41, 5.74) is 7.06. The van der Waals surface area contributed by atoms with Gasteiger partial charge < -0.3 is 10.2 Å². The zero-order valence-electron chi connectivity index (χ0n) is 5.95. The molecule has 0 aliphatic carbocycles. The van der Waals surface area contributed by atoms with Gasteiger partial charge in [-0.2, -0.15) is 0 Å². The molecule has 56 valence electrons. The second-order valence-electron chi connectivity index (χ2n) is 2.30. The van der Waals surface area contributed by atoms with Crippen molar-refractivity contribution in [2.75, 3.05) is 0 Å². The Morgan fingerprint density at radius 2 is 2.45 bits per heavy atom. The SMILES string of the molecule is NCc1cc2ncccc2o1. The fourth-order valence-corrected chi connectivity index (χ4v) is 1.02. The molecule has 0 saturated carbocycles. The van der Waals surface area contributed by atoms with Crippen molar-refractivity contribution in [2.24, 2.45) is 5.73 Å². The number of hydrogen-bond donors (Lipinski definition) is 1. The van der Waals surface area contributed by atoms with Gasteiger partial charge in [0.2, 0.25) is 0 Å². The smallest absolute Gasteiger partial charge is 0.152 e. The van der Waals surface area contributed by atoms with Crippen molar-refractivity contribution in [1.82, 2.24) is 4.98 Å². The van der Waals surface area contributed by atoms with E-state index >= 15 is 0 Å². The molecule has 0 amide bonds. The lowest BCUT2D eigenvalue weighted by Gasteiger charge is -1.83. The van der Waals surface area contributed by atoms with Crippen molar-refractivity contribution in [2.45, 2.75) is 6.54 Å². The second kappa shape index (κ2) is 2.36. The summed E-state index contributed by atoms with van der Waals surface area (Å²) in [5.74, 6) is 0.777. The molecule has 0 unspecified atom stereocenters. The minimum absolute atomic E-state index is 0.427. The predicted octanol–water partition coefficient (Wildman–Crippen LogP) is 1.29. The number of nitrogens with two attached hydrogens (primary N) is 1. The fourth-order valence-electron chi connectivity index (χ4n) is 1.02. The summed E-state index contributed by atoms with van der Waals surface area (Å²) in [4.78, 5) is 4.10. The van der Waals surface area contributed by atoms with Gasteiger partial charge in [0.05, 0.1) is 6.54 Å². The number of fused-ring (bicyclic) bond motifs is 1. The summed E-state index contributed by atoms with van der Waals surface area (Å²) in [6.07, 6.45) is 1.73. The van der Waals surface area contributed by atoms with Gasteiger partial charge in [0, 0.05) is 12.3 Å². The highest BCUT2D eigenvalue weighted by Gasteiger charge is 2.00. The molecule has 0 radical (unpaired) electrons. The maximum absolute atomic E-state index is 5.39. The lowest BCUT2D eigenvalue weighted by Crippen LogP contribution is -1.92. The monoisotopic (exact) mass is 148 g/mol. The molecule has 0 fully saturated rings. The Bertz CT molecular complexity index is 334. The van der Waals surface area contributed by atoms with Crippen LogP contribution in [0.15, 0.2) is 28.8 Å². The maximum Gasteiger partial charge on any atom is 0.152 e. The number of nitrogens with zero attached hydrogens (tertiary/aromatic N) is 1. The molecular weight excluding hydrogens is 140 g/mol. The van der Waals surface area contributed by atoms with Crippen LogP contribution in [0.3, 0.4) is 0 Å². The Kier molecular flexibility index (Phi) is 1.36. The van der Waals surface area contributed by atoms with E-state index in [9.17, 15) is 0 Å². The standard InChI is InChI=1S/C8H8N2O/c9-5-6-4-7-8(11-6)2-1-3-10-7/h1-4H,5,9H2. The molecule has 2 aromatic rings. The third-order valence-electron chi connectivity index (χ3n) is 1.54. The van der Waals surface area contributed by atoms with Crippen LogP contribution in [0.2, 0.25) is 0 Å². The molecular formula is C8H8N2O. The van der Waals surface area contributed by atoms with Crippen molar-refractivity contribution < 1.29 is 4.42 Å². The normalized spacial score (nSPS) is 10.6. The lowest BCUT2D eigenvalue weighted by molar-refractivity contribution is 0.552. The molecule has 0 aromatic carbocycles. The van der Waals surface area contributed by atoms with Crippen LogP contribution in [0.5, 0.6) is 0 Å². The van der Waals surface area contributed by atoms with Gasteiger partial charge in [-0.25, -0.2) is 0 Å². The van der Waals surface area contributed by atoms with E-state index in [1.165, 1.54) is 0 Å². The van der Waals surface area contributed by atoms with Crippen LogP contribution < -0.4 is 5.73 Å². The van der Waals surface area contributed by atoms with Gasteiger partial charge in [-0.05, 0) is 12.1 Å². The summed E-state index contributed by atoms with van der Waals surface area (Å²) < 4.78 is 5.33. The van der Waals surface area contributed by atoms with Crippen LogP contribution in [0.1, 0.15) is 5.76 Å². The maximum atomic E-state index is 5.39. The summed E-state index contributed by atoms with van der Waals surface area (Å²) in [5, 5.41) is 0. The Balaban J connectivity index is 2.69. The quantitative estimate of drug-likeness (QED) is 0.662. The average molecular weight is 148 g/mol. The molecule has 3 nitrogen and oxygen atoms in total. The molecule has 2 N–H and O–H groups in total. The third kappa shape index (κ3) is 0.991. The molecule has 2 heterocycles. The van der Waals surface area contributed by atoms with Gasteiger partial charge in [-0.1, -0.05) is 0 Å². The molecule has 3 heteroatoms. The van der Waals surface area contributed by atoms with Crippen LogP contribution >= 0.6 is 0 Å². The highest BCUT2D eigenvalue weighted by atomic mass is 16.3. The van der Waals surface area contributed by atoms with Crippen LogP contribution in [0.4, 0.5) is 0 Å². The Morgan fingerprint density at radius 3 is 3.18 bits per heavy atom. The van der Waals surface area contributed by atoms with Gasteiger partial charge in [0.15, 0.2) is 5.58 Å². The van der Waals surface area contributed by atoms with Crippen LogP contribution in [-0.4, -0.2) is 4.98 Å². The summed E-state index contributed by atoms with van der Waals surface area (Å²) in [6, 6.07) is 5.57. The van der Waals surface area contributed by atoms with E-state index in [-0.39, 0.29) is 0 Å². The van der Waals surface area contributed by atoms with Crippen molar-refractivity contribution in [1.29, 1.82) is 0 Å². The number of furan rings is 1. The minimum atomic E-state index is 0.427. The average Bonchev–Trinajstić information content (AvgIpc) is 2.46. The third-order valence-corrected chi connectivity index (χ3v) is 1.54. The van der Waals surface area contributed by atoms with Gasteiger partial charge >= 0.3 is 0 Å². The summed E-state index contributed by atoms with van der Waals surface area (Å²) in [7, 11) is 0. The van der Waals surface area contributed by atoms with Crippen LogP contribution in [0, 0.1) is 0 Å². The van der Waals surface area contributed by atoms with E-state index in [0.29, 0.717) is 6.54 Å². The van der Waals surface area contributed by atoms with E-state index in [2.05, 4.69) is 4.98 Å². The summed E-state index contributed by atoms with van der Waals surface area (Å²) in [6.45, 7) is 0.427. The molecule has 0 aliphatic rings. The van der Waals surface area contributed by atoms with E-state index in [1.54, 1.807) is 6.20 Å². The van der Waals surface area contributed by atoms with Crippen LogP contribution in [-0.2, 0) is 6.54 Å². The van der Waals surface area contributed by atoms with Gasteiger partial charge in [0.25, 0.3) is 0 Å². The first kappa shape index (κ1) is 6.37. The highest BCUT2D eigenvalue weighted by molar-refractivity contribution is 5.72. The predicted molar refractivity (Wildman–Crippen MR) is 41.9 cm³/mol. The zero-order valence-corrected chi connectivity index (χ0v) is 5.95. The molecule has 11 heavy (non-hydrogen) atoms. The van der Waals surface area contributed by atoms with Gasteiger partial charge in [0.1, 0.15) is 11.3 Å².